The van der Waals surface area contributed by atoms with Gasteiger partial charge < -0.3 is 33.8 Å². The third-order valence-corrected chi connectivity index (χ3v) is 22.7. The van der Waals surface area contributed by atoms with Gasteiger partial charge in [-0.25, -0.2) is 9.13 Å². The number of phosphoric ester groups is 2. The molecule has 106 heavy (non-hydrogen) atoms. The largest absolute Gasteiger partial charge is 0.472 e. The van der Waals surface area contributed by atoms with Crippen molar-refractivity contribution in [1.82, 2.24) is 0 Å². The molecule has 0 fully saturated rings. The quantitative estimate of drug-likeness (QED) is 0.0222. The fourth-order valence-electron chi connectivity index (χ4n) is 13.6. The molecule has 0 amide bonds. The maximum Gasteiger partial charge on any atom is 0.472 e. The first-order valence-corrected chi connectivity index (χ1v) is 48.0. The van der Waals surface area contributed by atoms with Gasteiger partial charge in [0.25, 0.3) is 0 Å². The van der Waals surface area contributed by atoms with Crippen molar-refractivity contribution >= 4 is 39.5 Å². The first kappa shape index (κ1) is 104. The van der Waals surface area contributed by atoms with Crippen molar-refractivity contribution in [3.63, 3.8) is 0 Å². The third-order valence-electron chi connectivity index (χ3n) is 20.8. The monoisotopic (exact) mass is 1550 g/mol. The van der Waals surface area contributed by atoms with E-state index in [-0.39, 0.29) is 25.7 Å². The number of carbonyl (C=O) groups is 4. The summed E-state index contributed by atoms with van der Waals surface area (Å²) in [5, 5.41) is 10.7. The van der Waals surface area contributed by atoms with E-state index in [0.717, 1.165) is 102 Å². The molecule has 0 rings (SSSR count). The van der Waals surface area contributed by atoms with Gasteiger partial charge in [0.05, 0.1) is 26.4 Å². The molecule has 0 aliphatic heterocycles. The second-order valence-corrected chi connectivity index (χ2v) is 34.9. The molecule has 0 aromatic rings. The summed E-state index contributed by atoms with van der Waals surface area (Å²) in [7, 11) is -9.93. The summed E-state index contributed by atoms with van der Waals surface area (Å²) in [6.45, 7) is 9.70. The standard InChI is InChI=1S/C87H170O17P2/c1-7-10-12-14-16-18-20-22-23-24-25-26-30-33-37-40-44-51-57-63-69-84(89)97-75-82(103-87(92)72-66-60-54-46-42-38-34-31-28-27-29-32-36-39-43-50-56-62-68-80(6)9-3)77-101-105(93,94)99-73-81(88)74-100-106(95,96)102-78-83(76-98-85(90)70-64-58-52-48-47-49-55-61-67-79(4)5)104-86(91)71-65-59-53-45-41-35-21-19-17-15-13-11-8-2/h79-83,88H,7-78H2,1-6H3,(H,93,94)(H,95,96)/t80?,81-,82-,83-/m1/s1. The molecule has 0 bridgehead atoms. The number of ether oxygens (including phenoxy) is 4. The lowest BCUT2D eigenvalue weighted by Crippen LogP contribution is -2.30. The van der Waals surface area contributed by atoms with E-state index in [2.05, 4.69) is 41.5 Å². The highest BCUT2D eigenvalue weighted by Gasteiger charge is 2.30. The van der Waals surface area contributed by atoms with Gasteiger partial charge in [0.1, 0.15) is 19.3 Å². The van der Waals surface area contributed by atoms with E-state index in [0.29, 0.717) is 25.7 Å². The zero-order valence-corrected chi connectivity index (χ0v) is 71.5. The van der Waals surface area contributed by atoms with Crippen LogP contribution in [-0.4, -0.2) is 96.7 Å². The van der Waals surface area contributed by atoms with Crippen LogP contribution in [0, 0.1) is 11.8 Å². The Kier molecular flexibility index (Phi) is 76.9. The molecule has 0 spiro atoms. The first-order chi connectivity index (χ1) is 51.4. The number of esters is 4. The van der Waals surface area contributed by atoms with Crippen LogP contribution < -0.4 is 0 Å². The summed E-state index contributed by atoms with van der Waals surface area (Å²) in [6.07, 6.45) is 70.9. The van der Waals surface area contributed by atoms with Crippen molar-refractivity contribution < 1.29 is 80.2 Å². The fraction of sp³-hybridized carbons (Fsp3) is 0.954. The molecule has 3 unspecified atom stereocenters. The Hall–Kier alpha value is -1.94. The highest BCUT2D eigenvalue weighted by atomic mass is 31.2. The van der Waals surface area contributed by atoms with Gasteiger partial charge in [0.15, 0.2) is 12.2 Å². The summed E-state index contributed by atoms with van der Waals surface area (Å²) < 4.78 is 68.9. The van der Waals surface area contributed by atoms with Crippen molar-refractivity contribution in [2.45, 2.75) is 484 Å². The predicted octanol–water partition coefficient (Wildman–Crippen LogP) is 26.6. The molecule has 0 saturated carbocycles. The third kappa shape index (κ3) is 78.7. The Morgan fingerprint density at radius 3 is 0.717 bits per heavy atom. The number of hydrogen-bond acceptors (Lipinski definition) is 15. The van der Waals surface area contributed by atoms with E-state index < -0.39 is 97.5 Å². The molecule has 0 aliphatic rings. The lowest BCUT2D eigenvalue weighted by Gasteiger charge is -2.21. The number of unbranched alkanes of at least 4 members (excludes halogenated alkanes) is 55. The van der Waals surface area contributed by atoms with E-state index in [1.54, 1.807) is 0 Å². The van der Waals surface area contributed by atoms with Gasteiger partial charge in [-0.3, -0.25) is 37.3 Å². The second-order valence-electron chi connectivity index (χ2n) is 32.0. The summed E-state index contributed by atoms with van der Waals surface area (Å²) in [5.41, 5.74) is 0. The Morgan fingerprint density at radius 2 is 0.481 bits per heavy atom. The molecular weight excluding hydrogens is 1380 g/mol. The Labute approximate surface area is 651 Å². The topological polar surface area (TPSA) is 237 Å². The Morgan fingerprint density at radius 1 is 0.274 bits per heavy atom. The molecule has 19 heteroatoms. The number of rotatable bonds is 86. The van der Waals surface area contributed by atoms with E-state index >= 15 is 0 Å². The zero-order valence-electron chi connectivity index (χ0n) is 69.7. The number of aliphatic hydroxyl groups is 1. The van der Waals surface area contributed by atoms with Crippen molar-refractivity contribution in [2.24, 2.45) is 11.8 Å². The van der Waals surface area contributed by atoms with Crippen LogP contribution in [0.1, 0.15) is 465 Å². The second kappa shape index (κ2) is 78.3. The van der Waals surface area contributed by atoms with Gasteiger partial charge in [-0.1, -0.05) is 414 Å². The maximum absolute atomic E-state index is 13.2. The minimum absolute atomic E-state index is 0.107. The lowest BCUT2D eigenvalue weighted by atomic mass is 9.99. The van der Waals surface area contributed by atoms with E-state index in [4.69, 9.17) is 37.0 Å². The van der Waals surface area contributed by atoms with Gasteiger partial charge in [0, 0.05) is 25.7 Å². The predicted molar refractivity (Wildman–Crippen MR) is 437 cm³/mol. The van der Waals surface area contributed by atoms with Crippen LogP contribution in [-0.2, 0) is 65.4 Å². The normalized spacial score (nSPS) is 14.1. The Bertz CT molecular complexity index is 2030. The summed E-state index contributed by atoms with van der Waals surface area (Å²) in [5.74, 6) is -0.504. The molecule has 17 nitrogen and oxygen atoms in total. The first-order valence-electron chi connectivity index (χ1n) is 45.0. The summed E-state index contributed by atoms with van der Waals surface area (Å²) in [4.78, 5) is 73.2. The minimum Gasteiger partial charge on any atom is -0.462 e. The van der Waals surface area contributed by atoms with Crippen LogP contribution >= 0.6 is 15.6 Å². The van der Waals surface area contributed by atoms with Gasteiger partial charge in [-0.05, 0) is 37.5 Å². The van der Waals surface area contributed by atoms with Gasteiger partial charge in [0.2, 0.25) is 0 Å². The highest BCUT2D eigenvalue weighted by molar-refractivity contribution is 7.47. The molecule has 3 N–H and O–H groups in total. The molecule has 6 atom stereocenters. The van der Waals surface area contributed by atoms with Gasteiger partial charge >= 0.3 is 39.5 Å². The molecular formula is C87H170O17P2. The molecule has 0 radical (unpaired) electrons. The van der Waals surface area contributed by atoms with Crippen LogP contribution in [0.5, 0.6) is 0 Å². The van der Waals surface area contributed by atoms with Crippen molar-refractivity contribution in [2.75, 3.05) is 39.6 Å². The SMILES string of the molecule is CCCCCCCCCCCCCCCCCCCCCCC(=O)OC[C@H](COP(=O)(O)OC[C@@H](O)COP(=O)(O)OC[C@@H](COC(=O)CCCCCCCCCCC(C)C)OC(=O)CCCCCCCCCCCCCCC)OC(=O)CCCCCCCCCCCCCCCCCCCCC(C)CC. The van der Waals surface area contributed by atoms with Crippen molar-refractivity contribution in [3.05, 3.63) is 0 Å². The molecule has 0 aromatic heterocycles. The number of carbonyl (C=O) groups excluding carboxylic acids is 4. The van der Waals surface area contributed by atoms with Crippen LogP contribution in [0.15, 0.2) is 0 Å². The van der Waals surface area contributed by atoms with Crippen LogP contribution in [0.25, 0.3) is 0 Å². The molecule has 630 valence electrons. The molecule has 0 aromatic carbocycles. The number of hydrogen-bond donors (Lipinski definition) is 3. The summed E-state index contributed by atoms with van der Waals surface area (Å²) >= 11 is 0. The number of phosphoric acid groups is 2. The average molecular weight is 1550 g/mol. The number of aliphatic hydroxyl groups excluding tert-OH is 1. The van der Waals surface area contributed by atoms with Crippen LogP contribution in [0.4, 0.5) is 0 Å². The average Bonchev–Trinajstić information content (AvgIpc) is 0.905. The molecule has 0 saturated heterocycles. The van der Waals surface area contributed by atoms with Crippen molar-refractivity contribution in [1.29, 1.82) is 0 Å². The van der Waals surface area contributed by atoms with Gasteiger partial charge in [-0.2, -0.15) is 0 Å². The van der Waals surface area contributed by atoms with Crippen LogP contribution in [0.2, 0.25) is 0 Å². The highest BCUT2D eigenvalue weighted by Crippen LogP contribution is 2.45. The smallest absolute Gasteiger partial charge is 0.462 e. The lowest BCUT2D eigenvalue weighted by molar-refractivity contribution is -0.161. The Balaban J connectivity index is 5.22. The summed E-state index contributed by atoms with van der Waals surface area (Å²) in [6, 6.07) is 0. The van der Waals surface area contributed by atoms with Gasteiger partial charge in [-0.15, -0.1) is 0 Å². The zero-order chi connectivity index (χ0) is 77.8. The molecule has 0 aliphatic carbocycles. The van der Waals surface area contributed by atoms with E-state index in [1.807, 2.05) is 0 Å². The maximum atomic E-state index is 13.2. The van der Waals surface area contributed by atoms with E-state index in [9.17, 15) is 43.2 Å². The molecule has 0 heterocycles. The van der Waals surface area contributed by atoms with Crippen molar-refractivity contribution in [3.8, 4) is 0 Å². The van der Waals surface area contributed by atoms with Crippen LogP contribution in [0.3, 0.4) is 0 Å². The fourth-order valence-corrected chi connectivity index (χ4v) is 15.1. The van der Waals surface area contributed by atoms with E-state index in [1.165, 1.54) is 283 Å². The minimum atomic E-state index is -4.97.